The summed E-state index contributed by atoms with van der Waals surface area (Å²) in [6.45, 7) is 7.26. The zero-order valence-electron chi connectivity index (χ0n) is 48.5. The Morgan fingerprint density at radius 1 is 0.479 bits per heavy atom. The second-order valence-electron chi connectivity index (χ2n) is 22.5. The van der Waals surface area contributed by atoms with Crippen LogP contribution in [0, 0.1) is 0 Å². The van der Waals surface area contributed by atoms with E-state index in [0.717, 1.165) is 108 Å². The molecular weight excluding hydrogens is 956 g/mol. The third-order valence-corrected chi connectivity index (χ3v) is 15.4. The van der Waals surface area contributed by atoms with E-state index in [2.05, 4.69) is 47.0 Å². The average molecular weight is 1070 g/mol. The molecule has 0 aromatic heterocycles. The molecule has 0 saturated carbocycles. The number of rotatable bonds is 52. The lowest BCUT2D eigenvalue weighted by Crippen LogP contribution is -3.00. The number of aliphatic carboxylic acids is 2. The largest absolute Gasteiger partial charge is 1.00 e. The van der Waals surface area contributed by atoms with Gasteiger partial charge in [0.1, 0.15) is 11.6 Å². The van der Waals surface area contributed by atoms with Gasteiger partial charge in [0.2, 0.25) is 0 Å². The second kappa shape index (κ2) is 49.6. The van der Waals surface area contributed by atoms with Crippen molar-refractivity contribution < 1.29 is 68.6 Å². The van der Waals surface area contributed by atoms with Crippen molar-refractivity contribution in [2.75, 3.05) is 34.7 Å². The number of nitrogens with zero attached hydrogens (tertiary/aromatic N) is 2. The van der Waals surface area contributed by atoms with Crippen LogP contribution in [0.2, 0.25) is 0 Å². The van der Waals surface area contributed by atoms with Crippen molar-refractivity contribution in [3.8, 4) is 0 Å². The van der Waals surface area contributed by atoms with Gasteiger partial charge < -0.3 is 45.2 Å². The molecule has 0 bridgehead atoms. The third kappa shape index (κ3) is 40.0. The summed E-state index contributed by atoms with van der Waals surface area (Å²) < 4.78 is 0.572. The zero-order chi connectivity index (χ0) is 52.9. The number of hydrogen-bond acceptors (Lipinski definition) is 5. The SMILES string of the molecule is CCCCCCCCCCCCCCCCC/C(=C\C(=O)O)[N+](C)(C)C(C/C=C/CCCCCCC[N+](C)(C)/C(=C\C(=O)O)C(O)(O)C(=C=O)CCCCCCCCCCCCCCC)CCCCCC.[Cl-].[Cl-]. The first-order valence-corrected chi connectivity index (χ1v) is 30.0. The minimum absolute atomic E-state index is 0. The van der Waals surface area contributed by atoms with Gasteiger partial charge in [-0.3, -0.25) is 8.97 Å². The quantitative estimate of drug-likeness (QED) is 0.0119. The zero-order valence-corrected chi connectivity index (χ0v) is 50.0. The minimum atomic E-state index is -2.69. The summed E-state index contributed by atoms with van der Waals surface area (Å²) in [7, 11) is 7.98. The highest BCUT2D eigenvalue weighted by molar-refractivity contribution is 5.81. The van der Waals surface area contributed by atoms with E-state index in [9.17, 15) is 34.8 Å². The molecule has 11 heteroatoms. The standard InChI is InChI=1S/C62H114N2O7.2ClH/c1-8-11-14-17-19-21-23-25-26-28-30-32-37-41-46-51-58(53-60(66)67)64(6,7)57(49-44-16-13-10-3)50-45-40-36-33-34-38-42-47-52-63(4,5)59(54-61(68)69)62(70,71)56(55-65)48-43-39-35-31-29-27-24-22-20-18-15-12-9-2;;/h40,45,53-54,57,70-71H,8-39,41-44,46-52H2,1-7H3;2*1H/b45-40+,58-53+,59-54-;;. The molecule has 1 atom stereocenters. The molecule has 0 aromatic carbocycles. The molecule has 0 aliphatic rings. The topological polar surface area (TPSA) is 132 Å². The molecule has 430 valence electrons. The smallest absolute Gasteiger partial charge is 0.334 e. The Balaban J connectivity index is -0.0000245. The monoisotopic (exact) mass is 1070 g/mol. The first kappa shape index (κ1) is 75.3. The molecule has 0 fully saturated rings. The Labute approximate surface area is 462 Å². The van der Waals surface area contributed by atoms with Gasteiger partial charge in [0.25, 0.3) is 5.79 Å². The van der Waals surface area contributed by atoms with Crippen LogP contribution in [-0.2, 0) is 14.4 Å². The number of carbonyl (C=O) groups is 2. The number of halogens is 2. The van der Waals surface area contributed by atoms with Crippen molar-refractivity contribution in [3.05, 3.63) is 41.3 Å². The van der Waals surface area contributed by atoms with Gasteiger partial charge >= 0.3 is 11.9 Å². The van der Waals surface area contributed by atoms with Crippen LogP contribution in [0.5, 0.6) is 0 Å². The molecular formula is C62H116Cl2N2O7. The molecule has 0 saturated heterocycles. The summed E-state index contributed by atoms with van der Waals surface area (Å²) in [5, 5.41) is 42.4. The Hall–Kier alpha value is -1.97. The summed E-state index contributed by atoms with van der Waals surface area (Å²) in [5.41, 5.74) is 0.706. The van der Waals surface area contributed by atoms with Gasteiger partial charge in [-0.15, -0.1) is 0 Å². The fourth-order valence-corrected chi connectivity index (χ4v) is 10.5. The molecule has 0 aliphatic heterocycles. The molecule has 0 spiro atoms. The first-order chi connectivity index (χ1) is 34.1. The van der Waals surface area contributed by atoms with Crippen LogP contribution < -0.4 is 24.8 Å². The van der Waals surface area contributed by atoms with Crippen molar-refractivity contribution in [1.82, 2.24) is 0 Å². The van der Waals surface area contributed by atoms with Crippen LogP contribution in [0.3, 0.4) is 0 Å². The van der Waals surface area contributed by atoms with E-state index in [1.807, 2.05) is 0 Å². The van der Waals surface area contributed by atoms with E-state index >= 15 is 0 Å². The highest BCUT2D eigenvalue weighted by atomic mass is 35.5. The van der Waals surface area contributed by atoms with E-state index in [1.54, 1.807) is 20.0 Å². The van der Waals surface area contributed by atoms with E-state index in [4.69, 9.17) is 0 Å². The number of carbonyl (C=O) groups excluding carboxylic acids is 1. The predicted octanol–water partition coefficient (Wildman–Crippen LogP) is 10.9. The molecule has 9 nitrogen and oxygen atoms in total. The number of quaternary nitrogens is 2. The Morgan fingerprint density at radius 2 is 0.836 bits per heavy atom. The maximum absolute atomic E-state index is 12.1. The highest BCUT2D eigenvalue weighted by Gasteiger charge is 2.45. The molecule has 1 unspecified atom stereocenters. The normalized spacial score (nSPS) is 12.9. The van der Waals surface area contributed by atoms with Crippen molar-refractivity contribution >= 4 is 17.9 Å². The summed E-state index contributed by atoms with van der Waals surface area (Å²) in [5.74, 6) is -3.04. The number of hydrogen-bond donors (Lipinski definition) is 4. The van der Waals surface area contributed by atoms with Crippen LogP contribution in [0.15, 0.2) is 41.3 Å². The Morgan fingerprint density at radius 3 is 1.23 bits per heavy atom. The molecule has 4 N–H and O–H groups in total. The summed E-state index contributed by atoms with van der Waals surface area (Å²) in [4.78, 5) is 36.1. The van der Waals surface area contributed by atoms with Crippen LogP contribution in [-0.4, -0.2) is 93.8 Å². The number of carboxylic acid groups (broad SMARTS) is 2. The Bertz CT molecular complexity index is 1470. The van der Waals surface area contributed by atoms with Crippen LogP contribution in [0.25, 0.3) is 0 Å². The maximum atomic E-state index is 12.1. The summed E-state index contributed by atoms with van der Waals surface area (Å²) >= 11 is 0. The van der Waals surface area contributed by atoms with Gasteiger partial charge in [0.15, 0.2) is 5.70 Å². The van der Waals surface area contributed by atoms with Crippen molar-refractivity contribution in [2.45, 2.75) is 302 Å². The highest BCUT2D eigenvalue weighted by Crippen LogP contribution is 2.32. The fourth-order valence-electron chi connectivity index (χ4n) is 10.5. The van der Waals surface area contributed by atoms with E-state index in [1.165, 1.54) is 167 Å². The first-order valence-electron chi connectivity index (χ1n) is 30.0. The van der Waals surface area contributed by atoms with Gasteiger partial charge in [-0.2, -0.15) is 0 Å². The van der Waals surface area contributed by atoms with Gasteiger partial charge in [0.05, 0.1) is 58.5 Å². The molecule has 73 heavy (non-hydrogen) atoms. The van der Waals surface area contributed by atoms with Crippen molar-refractivity contribution in [1.29, 1.82) is 0 Å². The molecule has 0 aromatic rings. The number of likely N-dealkylation sites (N-methyl/N-ethyl adjacent to an activating group) is 1. The van der Waals surface area contributed by atoms with Crippen LogP contribution >= 0.6 is 0 Å². The lowest BCUT2D eigenvalue weighted by Gasteiger charge is -2.39. The third-order valence-electron chi connectivity index (χ3n) is 15.4. The van der Waals surface area contributed by atoms with E-state index in [0.29, 0.717) is 23.5 Å². The number of carboxylic acids is 2. The number of allylic oxidation sites excluding steroid dienone is 2. The van der Waals surface area contributed by atoms with Crippen molar-refractivity contribution in [2.24, 2.45) is 0 Å². The van der Waals surface area contributed by atoms with Crippen LogP contribution in [0.4, 0.5) is 0 Å². The second-order valence-corrected chi connectivity index (χ2v) is 22.5. The van der Waals surface area contributed by atoms with Crippen molar-refractivity contribution in [3.63, 3.8) is 0 Å². The maximum Gasteiger partial charge on any atom is 0.334 e. The number of aliphatic hydroxyl groups is 2. The molecule has 0 radical (unpaired) electrons. The lowest BCUT2D eigenvalue weighted by molar-refractivity contribution is -0.880. The molecule has 0 rings (SSSR count). The average Bonchev–Trinajstić information content (AvgIpc) is 3.32. The van der Waals surface area contributed by atoms with Gasteiger partial charge in [0, 0.05) is 19.3 Å². The molecule has 0 heterocycles. The fraction of sp³-hybridized carbons (Fsp3) is 0.839. The van der Waals surface area contributed by atoms with E-state index < -0.39 is 17.7 Å². The van der Waals surface area contributed by atoms with Gasteiger partial charge in [-0.05, 0) is 51.4 Å². The molecule has 0 amide bonds. The van der Waals surface area contributed by atoms with Gasteiger partial charge in [-0.1, -0.05) is 232 Å². The lowest BCUT2D eigenvalue weighted by atomic mass is 9.95. The minimum Gasteiger partial charge on any atom is -1.00 e. The van der Waals surface area contributed by atoms with Crippen LogP contribution in [0.1, 0.15) is 290 Å². The summed E-state index contributed by atoms with van der Waals surface area (Å²) in [6.07, 6.45) is 55.7. The molecule has 0 aliphatic carbocycles. The summed E-state index contributed by atoms with van der Waals surface area (Å²) in [6, 6.07) is 0.320. The predicted molar refractivity (Wildman–Crippen MR) is 301 cm³/mol. The Kier molecular flexibility index (Phi) is 51.1. The van der Waals surface area contributed by atoms with E-state index in [-0.39, 0.29) is 47.0 Å². The number of unbranched alkanes of at least 4 members (excludes halogenated alkanes) is 34. The van der Waals surface area contributed by atoms with Gasteiger partial charge in [-0.25, -0.2) is 14.4 Å².